The summed E-state index contributed by atoms with van der Waals surface area (Å²) in [7, 11) is 0. The third kappa shape index (κ3) is 1.61. The number of hydrogen-bond donors (Lipinski definition) is 0. The summed E-state index contributed by atoms with van der Waals surface area (Å²) in [6.07, 6.45) is 6.57. The van der Waals surface area contributed by atoms with Crippen molar-refractivity contribution in [2.45, 2.75) is 31.8 Å². The molecule has 0 spiro atoms. The fraction of sp³-hybridized carbons (Fsp3) is 0.312. The quantitative estimate of drug-likeness (QED) is 0.675. The van der Waals surface area contributed by atoms with Gasteiger partial charge in [0.25, 0.3) is 0 Å². The van der Waals surface area contributed by atoms with Crippen LogP contribution in [0.3, 0.4) is 0 Å². The Morgan fingerprint density at radius 2 is 2.05 bits per heavy atom. The molecule has 0 radical (unpaired) electrons. The first-order valence-electron chi connectivity index (χ1n) is 6.76. The topological polar surface area (TPSA) is 39.4 Å². The van der Waals surface area contributed by atoms with E-state index in [0.717, 1.165) is 18.2 Å². The second kappa shape index (κ2) is 3.98. The molecule has 1 aliphatic heterocycles. The number of hydrogen-bond acceptors (Lipinski definition) is 3. The van der Waals surface area contributed by atoms with E-state index >= 15 is 0 Å². The highest BCUT2D eigenvalue weighted by molar-refractivity contribution is 5.87. The Labute approximate surface area is 110 Å². The molecule has 1 aromatic heterocycles. The molecule has 1 unspecified atom stereocenters. The number of rotatable bonds is 0. The van der Waals surface area contributed by atoms with Gasteiger partial charge in [-0.15, -0.1) is 0 Å². The molecule has 0 amide bonds. The second-order valence-electron chi connectivity index (χ2n) is 5.20. The van der Waals surface area contributed by atoms with Crippen LogP contribution in [0.15, 0.2) is 39.1 Å². The fourth-order valence-corrected chi connectivity index (χ4v) is 3.02. The summed E-state index contributed by atoms with van der Waals surface area (Å²) >= 11 is 0. The minimum atomic E-state index is -0.301. The molecule has 96 valence electrons. The Hall–Kier alpha value is -2.03. The zero-order valence-corrected chi connectivity index (χ0v) is 10.5. The maximum absolute atomic E-state index is 12.1. The lowest BCUT2D eigenvalue weighted by molar-refractivity contribution is 0.201. The van der Waals surface area contributed by atoms with Crippen LogP contribution in [0.2, 0.25) is 0 Å². The van der Waals surface area contributed by atoms with Crippen LogP contribution < -0.4 is 10.4 Å². The predicted octanol–water partition coefficient (Wildman–Crippen LogP) is 3.51. The van der Waals surface area contributed by atoms with E-state index in [0.29, 0.717) is 16.9 Å². The Morgan fingerprint density at radius 1 is 1.16 bits per heavy atom. The minimum Gasteiger partial charge on any atom is -0.484 e. The van der Waals surface area contributed by atoms with Crippen molar-refractivity contribution < 1.29 is 9.15 Å². The summed E-state index contributed by atoms with van der Waals surface area (Å²) in [5.74, 6) is 0.697. The molecule has 1 atom stereocenters. The summed E-state index contributed by atoms with van der Waals surface area (Å²) in [5.41, 5.74) is 2.11. The Kier molecular flexibility index (Phi) is 2.28. The molecule has 2 aromatic rings. The molecule has 0 saturated heterocycles. The summed E-state index contributed by atoms with van der Waals surface area (Å²) in [6, 6.07) is 7.55. The highest BCUT2D eigenvalue weighted by atomic mass is 16.5. The fourth-order valence-electron chi connectivity index (χ4n) is 3.02. The van der Waals surface area contributed by atoms with E-state index in [1.807, 2.05) is 24.3 Å². The van der Waals surface area contributed by atoms with Crippen LogP contribution in [0, 0.1) is 0 Å². The lowest BCUT2D eigenvalue weighted by atomic mass is 9.89. The summed E-state index contributed by atoms with van der Waals surface area (Å²) < 4.78 is 11.5. The Balaban J connectivity index is 2.01. The molecule has 3 heteroatoms. The van der Waals surface area contributed by atoms with Gasteiger partial charge in [-0.3, -0.25) is 0 Å². The molecular weight excluding hydrogens is 240 g/mol. The predicted molar refractivity (Wildman–Crippen MR) is 73.3 cm³/mol. The van der Waals surface area contributed by atoms with Gasteiger partial charge in [0.1, 0.15) is 23.0 Å². The average molecular weight is 254 g/mol. The van der Waals surface area contributed by atoms with Crippen molar-refractivity contribution in [2.75, 3.05) is 0 Å². The van der Waals surface area contributed by atoms with Crippen LogP contribution in [0.4, 0.5) is 0 Å². The van der Waals surface area contributed by atoms with E-state index in [1.54, 1.807) is 6.07 Å². The normalized spacial score (nSPS) is 21.3. The van der Waals surface area contributed by atoms with Gasteiger partial charge in [0, 0.05) is 0 Å². The molecule has 1 aromatic carbocycles. The lowest BCUT2D eigenvalue weighted by Crippen LogP contribution is -2.27. The molecule has 19 heavy (non-hydrogen) atoms. The minimum absolute atomic E-state index is 0.145. The van der Waals surface area contributed by atoms with E-state index in [2.05, 4.69) is 0 Å². The van der Waals surface area contributed by atoms with Crippen molar-refractivity contribution >= 4 is 17.0 Å². The first-order valence-corrected chi connectivity index (χ1v) is 6.76. The summed E-state index contributed by atoms with van der Waals surface area (Å²) in [4.78, 5) is 12.1. The number of para-hydroxylation sites is 1. The van der Waals surface area contributed by atoms with Gasteiger partial charge in [-0.2, -0.15) is 0 Å². The van der Waals surface area contributed by atoms with Gasteiger partial charge in [0.15, 0.2) is 0 Å². The van der Waals surface area contributed by atoms with Gasteiger partial charge < -0.3 is 9.15 Å². The van der Waals surface area contributed by atoms with E-state index in [4.69, 9.17) is 9.15 Å². The highest BCUT2D eigenvalue weighted by Gasteiger charge is 2.28. The second-order valence-corrected chi connectivity index (χ2v) is 5.20. The maximum atomic E-state index is 12.1. The van der Waals surface area contributed by atoms with Crippen LogP contribution in [0.25, 0.3) is 17.0 Å². The molecule has 1 fully saturated rings. The first kappa shape index (κ1) is 10.9. The zero-order valence-electron chi connectivity index (χ0n) is 10.5. The van der Waals surface area contributed by atoms with E-state index in [9.17, 15) is 4.79 Å². The number of ether oxygens (including phenoxy) is 1. The van der Waals surface area contributed by atoms with E-state index < -0.39 is 0 Å². The Bertz CT molecular complexity index is 739. The lowest BCUT2D eigenvalue weighted by Gasteiger charge is -2.30. The largest absolute Gasteiger partial charge is 0.484 e. The van der Waals surface area contributed by atoms with E-state index in [1.165, 1.54) is 18.4 Å². The van der Waals surface area contributed by atoms with Crippen LogP contribution in [-0.2, 0) is 0 Å². The summed E-state index contributed by atoms with van der Waals surface area (Å²) in [6.45, 7) is 0. The van der Waals surface area contributed by atoms with Gasteiger partial charge in [-0.05, 0) is 49.5 Å². The van der Waals surface area contributed by atoms with Crippen molar-refractivity contribution in [1.82, 2.24) is 0 Å². The SMILES string of the molecule is O=c1oc2ccccc2c2c1C=C1CCCCC1O2. The molecule has 2 heterocycles. The van der Waals surface area contributed by atoms with Gasteiger partial charge in [-0.1, -0.05) is 12.1 Å². The Morgan fingerprint density at radius 3 is 3.00 bits per heavy atom. The average Bonchev–Trinajstić information content (AvgIpc) is 2.46. The van der Waals surface area contributed by atoms with Crippen LogP contribution >= 0.6 is 0 Å². The van der Waals surface area contributed by atoms with Gasteiger partial charge >= 0.3 is 5.63 Å². The van der Waals surface area contributed by atoms with Crippen LogP contribution in [0.5, 0.6) is 5.75 Å². The standard InChI is InChI=1S/C16H14O3/c17-16-12-9-10-5-1-3-7-13(10)18-15(12)11-6-2-4-8-14(11)19-16/h2,4,6,8-9,13H,1,3,5,7H2. The van der Waals surface area contributed by atoms with Crippen molar-refractivity contribution in [3.8, 4) is 5.75 Å². The molecule has 0 N–H and O–H groups in total. The van der Waals surface area contributed by atoms with Crippen molar-refractivity contribution in [2.24, 2.45) is 0 Å². The van der Waals surface area contributed by atoms with Crippen molar-refractivity contribution in [3.05, 3.63) is 45.8 Å². The summed E-state index contributed by atoms with van der Waals surface area (Å²) in [5, 5.41) is 0.887. The molecule has 0 bridgehead atoms. The van der Waals surface area contributed by atoms with E-state index in [-0.39, 0.29) is 11.7 Å². The van der Waals surface area contributed by atoms with Crippen molar-refractivity contribution in [1.29, 1.82) is 0 Å². The molecule has 1 saturated carbocycles. The number of fused-ring (bicyclic) bond motifs is 4. The van der Waals surface area contributed by atoms with Crippen LogP contribution in [0.1, 0.15) is 31.2 Å². The molecule has 1 aliphatic carbocycles. The van der Waals surface area contributed by atoms with Crippen molar-refractivity contribution in [3.63, 3.8) is 0 Å². The van der Waals surface area contributed by atoms with Gasteiger partial charge in [0.2, 0.25) is 0 Å². The van der Waals surface area contributed by atoms with Gasteiger partial charge in [0.05, 0.1) is 5.39 Å². The monoisotopic (exact) mass is 254 g/mol. The zero-order chi connectivity index (χ0) is 12.8. The first-order chi connectivity index (χ1) is 9.33. The maximum Gasteiger partial charge on any atom is 0.347 e. The highest BCUT2D eigenvalue weighted by Crippen LogP contribution is 2.38. The molecule has 4 rings (SSSR count). The smallest absolute Gasteiger partial charge is 0.347 e. The van der Waals surface area contributed by atoms with Crippen LogP contribution in [-0.4, -0.2) is 6.10 Å². The number of benzene rings is 1. The van der Waals surface area contributed by atoms with Gasteiger partial charge in [-0.25, -0.2) is 4.79 Å². The molecular formula is C16H14O3. The molecule has 3 nitrogen and oxygen atoms in total. The molecule has 2 aliphatic rings. The third-order valence-electron chi connectivity index (χ3n) is 3.98. The third-order valence-corrected chi connectivity index (χ3v) is 3.98.